The van der Waals surface area contributed by atoms with Gasteiger partial charge >= 0.3 is 0 Å². The molecule has 0 aliphatic heterocycles. The average Bonchev–Trinajstić information content (AvgIpc) is 2.70. The van der Waals surface area contributed by atoms with Crippen molar-refractivity contribution in [1.29, 1.82) is 0 Å². The Morgan fingerprint density at radius 3 is 2.56 bits per heavy atom. The maximum absolute atomic E-state index is 6.01. The molecular weight excluding hydrogens is 358 g/mol. The molecule has 3 aromatic carbocycles. The maximum Gasteiger partial charge on any atom is 0.122 e. The molecule has 0 radical (unpaired) electrons. The number of hydrogen-bond acceptors (Lipinski definition) is 3. The Balaban J connectivity index is 1.47. The third-order valence-corrected chi connectivity index (χ3v) is 4.52. The quantitative estimate of drug-likeness (QED) is 0.513. The van der Waals surface area contributed by atoms with Crippen LogP contribution < -0.4 is 14.8 Å². The third kappa shape index (κ3) is 6.02. The predicted octanol–water partition coefficient (Wildman–Crippen LogP) is 5.26. The topological polar surface area (TPSA) is 30.5 Å². The van der Waals surface area contributed by atoms with E-state index in [4.69, 9.17) is 21.1 Å². The van der Waals surface area contributed by atoms with Crippen LogP contribution in [0.25, 0.3) is 0 Å². The first-order valence-electron chi connectivity index (χ1n) is 9.03. The van der Waals surface area contributed by atoms with Gasteiger partial charge in [0.1, 0.15) is 18.1 Å². The second-order valence-corrected chi connectivity index (χ2v) is 6.74. The van der Waals surface area contributed by atoms with Crippen molar-refractivity contribution >= 4 is 11.6 Å². The second kappa shape index (κ2) is 10.0. The first kappa shape index (κ1) is 19.3. The number of rotatable bonds is 9. The molecule has 1 N–H and O–H groups in total. The van der Waals surface area contributed by atoms with Crippen molar-refractivity contribution in [2.24, 2.45) is 0 Å². The van der Waals surface area contributed by atoms with Gasteiger partial charge in [-0.05, 0) is 60.0 Å². The molecule has 0 aromatic heterocycles. The number of para-hydroxylation sites is 1. The zero-order valence-electron chi connectivity index (χ0n) is 15.5. The lowest BCUT2D eigenvalue weighted by Gasteiger charge is -2.10. The van der Waals surface area contributed by atoms with Gasteiger partial charge in [0.25, 0.3) is 0 Å². The molecule has 0 aliphatic carbocycles. The van der Waals surface area contributed by atoms with Crippen molar-refractivity contribution < 1.29 is 9.47 Å². The molecule has 0 saturated carbocycles. The molecule has 0 spiro atoms. The fraction of sp³-hybridized carbons (Fsp3) is 0.217. The van der Waals surface area contributed by atoms with Gasteiger partial charge in [-0.2, -0.15) is 0 Å². The van der Waals surface area contributed by atoms with E-state index in [1.54, 1.807) is 7.11 Å². The van der Waals surface area contributed by atoms with Gasteiger partial charge in [0.2, 0.25) is 0 Å². The summed E-state index contributed by atoms with van der Waals surface area (Å²) in [6.07, 6.45) is 0.926. The van der Waals surface area contributed by atoms with Crippen LogP contribution in [0.5, 0.6) is 11.5 Å². The molecule has 0 atom stereocenters. The molecule has 0 aliphatic rings. The van der Waals surface area contributed by atoms with Crippen LogP contribution in [0.2, 0.25) is 5.02 Å². The molecule has 140 valence electrons. The highest BCUT2D eigenvalue weighted by Gasteiger charge is 2.02. The van der Waals surface area contributed by atoms with Gasteiger partial charge in [-0.25, -0.2) is 0 Å². The van der Waals surface area contributed by atoms with E-state index in [2.05, 4.69) is 23.5 Å². The van der Waals surface area contributed by atoms with E-state index in [-0.39, 0.29) is 0 Å². The van der Waals surface area contributed by atoms with Gasteiger partial charge in [0.05, 0.1) is 7.11 Å². The first-order chi connectivity index (χ1) is 13.2. The number of benzene rings is 3. The second-order valence-electron chi connectivity index (χ2n) is 6.30. The largest absolute Gasteiger partial charge is 0.496 e. The van der Waals surface area contributed by atoms with Gasteiger partial charge in [0.15, 0.2) is 0 Å². The molecule has 0 unspecified atom stereocenters. The molecule has 0 bridgehead atoms. The van der Waals surface area contributed by atoms with Crippen molar-refractivity contribution in [3.05, 3.63) is 94.5 Å². The van der Waals surface area contributed by atoms with Crippen LogP contribution in [0.1, 0.15) is 16.7 Å². The summed E-state index contributed by atoms with van der Waals surface area (Å²) >= 11 is 6.01. The summed E-state index contributed by atoms with van der Waals surface area (Å²) in [5.74, 6) is 1.80. The number of methoxy groups -OCH3 is 1. The Morgan fingerprint density at radius 2 is 1.70 bits per heavy atom. The summed E-state index contributed by atoms with van der Waals surface area (Å²) in [6.45, 7) is 2.18. The third-order valence-electron chi connectivity index (χ3n) is 4.29. The van der Waals surface area contributed by atoms with E-state index >= 15 is 0 Å². The van der Waals surface area contributed by atoms with Crippen molar-refractivity contribution in [3.8, 4) is 11.5 Å². The smallest absolute Gasteiger partial charge is 0.122 e. The van der Waals surface area contributed by atoms with Crippen LogP contribution in [0.3, 0.4) is 0 Å². The molecule has 0 saturated heterocycles. The van der Waals surface area contributed by atoms with Crippen LogP contribution in [0.4, 0.5) is 0 Å². The zero-order chi connectivity index (χ0) is 18.9. The maximum atomic E-state index is 6.01. The van der Waals surface area contributed by atoms with Crippen molar-refractivity contribution in [2.45, 2.75) is 19.6 Å². The van der Waals surface area contributed by atoms with Gasteiger partial charge in [0, 0.05) is 11.6 Å². The Hall–Kier alpha value is -2.49. The summed E-state index contributed by atoms with van der Waals surface area (Å²) in [7, 11) is 1.71. The van der Waals surface area contributed by atoms with Gasteiger partial charge in [-0.3, -0.25) is 0 Å². The molecular formula is C23H24ClNO2. The lowest BCUT2D eigenvalue weighted by molar-refractivity contribution is 0.306. The summed E-state index contributed by atoms with van der Waals surface area (Å²) in [5, 5.41) is 4.21. The number of halogens is 1. The SMILES string of the molecule is COc1ccccc1CCNCc1cccc(OCc2cccc(Cl)c2)c1. The molecule has 0 fully saturated rings. The Bertz CT molecular complexity index is 866. The molecule has 3 nitrogen and oxygen atoms in total. The van der Waals surface area contributed by atoms with Crippen LogP contribution >= 0.6 is 11.6 Å². The molecule has 4 heteroatoms. The van der Waals surface area contributed by atoms with Crippen LogP contribution in [-0.4, -0.2) is 13.7 Å². The number of nitrogens with one attached hydrogen (secondary N) is 1. The van der Waals surface area contributed by atoms with E-state index in [1.807, 2.05) is 54.6 Å². The fourth-order valence-electron chi connectivity index (χ4n) is 2.90. The predicted molar refractivity (Wildman–Crippen MR) is 111 cm³/mol. The van der Waals surface area contributed by atoms with Crippen molar-refractivity contribution in [1.82, 2.24) is 5.32 Å². The summed E-state index contributed by atoms with van der Waals surface area (Å²) in [6, 6.07) is 24.0. The normalized spacial score (nSPS) is 10.6. The highest BCUT2D eigenvalue weighted by atomic mass is 35.5. The lowest BCUT2D eigenvalue weighted by atomic mass is 10.1. The van der Waals surface area contributed by atoms with Gasteiger partial charge in [-0.1, -0.05) is 54.1 Å². The molecule has 3 rings (SSSR count). The van der Waals surface area contributed by atoms with Crippen molar-refractivity contribution in [3.63, 3.8) is 0 Å². The summed E-state index contributed by atoms with van der Waals surface area (Å²) in [4.78, 5) is 0. The number of hydrogen-bond donors (Lipinski definition) is 1. The molecule has 0 amide bonds. The summed E-state index contributed by atoms with van der Waals surface area (Å²) in [5.41, 5.74) is 3.47. The summed E-state index contributed by atoms with van der Waals surface area (Å²) < 4.78 is 11.3. The standard InChI is InChI=1S/C23H24ClNO2/c1-26-23-11-3-2-8-20(23)12-13-25-16-18-6-5-10-22(15-18)27-17-19-7-4-9-21(24)14-19/h2-11,14-15,25H,12-13,16-17H2,1H3. The highest BCUT2D eigenvalue weighted by molar-refractivity contribution is 6.30. The molecule has 3 aromatic rings. The van der Waals surface area contributed by atoms with Gasteiger partial charge < -0.3 is 14.8 Å². The zero-order valence-corrected chi connectivity index (χ0v) is 16.2. The van der Waals surface area contributed by atoms with Crippen LogP contribution in [0, 0.1) is 0 Å². The Kier molecular flexibility index (Phi) is 7.14. The van der Waals surface area contributed by atoms with Crippen LogP contribution in [0.15, 0.2) is 72.8 Å². The van der Waals surface area contributed by atoms with E-state index in [9.17, 15) is 0 Å². The van der Waals surface area contributed by atoms with E-state index in [0.717, 1.165) is 41.6 Å². The number of ether oxygens (including phenoxy) is 2. The molecule has 0 heterocycles. The minimum absolute atomic E-state index is 0.505. The van der Waals surface area contributed by atoms with Gasteiger partial charge in [-0.15, -0.1) is 0 Å². The monoisotopic (exact) mass is 381 g/mol. The van der Waals surface area contributed by atoms with Crippen LogP contribution in [-0.2, 0) is 19.6 Å². The van der Waals surface area contributed by atoms with Crippen molar-refractivity contribution in [2.75, 3.05) is 13.7 Å². The minimum atomic E-state index is 0.505. The van der Waals surface area contributed by atoms with E-state index in [1.165, 1.54) is 11.1 Å². The van der Waals surface area contributed by atoms with E-state index < -0.39 is 0 Å². The first-order valence-corrected chi connectivity index (χ1v) is 9.41. The van der Waals surface area contributed by atoms with E-state index in [0.29, 0.717) is 6.61 Å². The molecule has 27 heavy (non-hydrogen) atoms. The Morgan fingerprint density at radius 1 is 0.889 bits per heavy atom. The highest BCUT2D eigenvalue weighted by Crippen LogP contribution is 2.18. The fourth-order valence-corrected chi connectivity index (χ4v) is 3.12. The Labute approximate surface area is 165 Å². The average molecular weight is 382 g/mol. The minimum Gasteiger partial charge on any atom is -0.496 e. The lowest BCUT2D eigenvalue weighted by Crippen LogP contribution is -2.17.